The fraction of sp³-hybridized carbons (Fsp3) is 0.0833. The molecule has 4 heteroatoms. The Bertz CT molecular complexity index is 453. The zero-order valence-electron chi connectivity index (χ0n) is 8.56. The van der Waals surface area contributed by atoms with Crippen LogP contribution < -0.4 is 5.73 Å². The maximum Gasteiger partial charge on any atom is 0.0562 e. The summed E-state index contributed by atoms with van der Waals surface area (Å²) in [6, 6.07) is 9.54. The summed E-state index contributed by atoms with van der Waals surface area (Å²) in [6.45, 7) is 0. The van der Waals surface area contributed by atoms with Gasteiger partial charge in [-0.25, -0.2) is 0 Å². The Labute approximate surface area is 104 Å². The Morgan fingerprint density at radius 3 is 2.62 bits per heavy atom. The van der Waals surface area contributed by atoms with E-state index in [4.69, 9.17) is 17.3 Å². The lowest BCUT2D eigenvalue weighted by Gasteiger charge is -2.07. The summed E-state index contributed by atoms with van der Waals surface area (Å²) in [4.78, 5) is 4.92. The number of anilines is 1. The third-order valence-corrected chi connectivity index (χ3v) is 3.78. The normalized spacial score (nSPS) is 10.3. The number of rotatable bonds is 3. The second kappa shape index (κ2) is 5.23. The van der Waals surface area contributed by atoms with Crippen molar-refractivity contribution in [2.45, 2.75) is 10.6 Å². The minimum Gasteiger partial charge on any atom is -0.398 e. The summed E-state index contributed by atoms with van der Waals surface area (Å²) in [5.74, 6) is 0.844. The van der Waals surface area contributed by atoms with Crippen LogP contribution >= 0.6 is 23.4 Å². The van der Waals surface area contributed by atoms with Crippen molar-refractivity contribution in [3.63, 3.8) is 0 Å². The molecule has 0 aliphatic heterocycles. The molecule has 0 amide bonds. The molecular formula is C12H11ClN2S. The number of benzene rings is 1. The zero-order valence-corrected chi connectivity index (χ0v) is 10.1. The van der Waals surface area contributed by atoms with Crippen LogP contribution in [0.2, 0.25) is 5.02 Å². The fourth-order valence-corrected chi connectivity index (χ4v) is 2.60. The molecule has 0 saturated heterocycles. The predicted octanol–water partition coefficient (Wildman–Crippen LogP) is 3.61. The van der Waals surface area contributed by atoms with Gasteiger partial charge in [0.25, 0.3) is 0 Å². The van der Waals surface area contributed by atoms with Gasteiger partial charge in [0.2, 0.25) is 0 Å². The average Bonchev–Trinajstić information content (AvgIpc) is 2.30. The summed E-state index contributed by atoms with van der Waals surface area (Å²) in [6.07, 6.45) is 3.57. The van der Waals surface area contributed by atoms with Crippen LogP contribution in [0.15, 0.2) is 47.6 Å². The topological polar surface area (TPSA) is 38.9 Å². The van der Waals surface area contributed by atoms with E-state index in [9.17, 15) is 0 Å². The van der Waals surface area contributed by atoms with Crippen LogP contribution in [0, 0.1) is 0 Å². The largest absolute Gasteiger partial charge is 0.398 e. The van der Waals surface area contributed by atoms with Crippen molar-refractivity contribution in [3.05, 3.63) is 53.3 Å². The van der Waals surface area contributed by atoms with Crippen LogP contribution in [-0.4, -0.2) is 4.98 Å². The molecule has 0 saturated carbocycles. The Hall–Kier alpha value is -1.19. The van der Waals surface area contributed by atoms with Crippen LogP contribution in [0.1, 0.15) is 5.56 Å². The van der Waals surface area contributed by atoms with Gasteiger partial charge in [-0.3, -0.25) is 4.98 Å². The van der Waals surface area contributed by atoms with Crippen LogP contribution in [0.5, 0.6) is 0 Å². The smallest absolute Gasteiger partial charge is 0.0562 e. The number of pyridine rings is 1. The lowest BCUT2D eigenvalue weighted by Crippen LogP contribution is -1.89. The van der Waals surface area contributed by atoms with Crippen molar-refractivity contribution in [3.8, 4) is 0 Å². The molecule has 2 aromatic rings. The SMILES string of the molecule is Nc1cccc(Cl)c1SCc1ccncc1. The van der Waals surface area contributed by atoms with Crippen molar-refractivity contribution in [2.75, 3.05) is 5.73 Å². The minimum atomic E-state index is 0.707. The van der Waals surface area contributed by atoms with Gasteiger partial charge >= 0.3 is 0 Å². The number of halogens is 1. The third-order valence-electron chi connectivity index (χ3n) is 2.13. The van der Waals surface area contributed by atoms with Gasteiger partial charge < -0.3 is 5.73 Å². The molecule has 0 unspecified atom stereocenters. The first kappa shape index (κ1) is 11.3. The highest BCUT2D eigenvalue weighted by Gasteiger charge is 2.05. The van der Waals surface area contributed by atoms with E-state index in [-0.39, 0.29) is 0 Å². The number of hydrogen-bond donors (Lipinski definition) is 1. The lowest BCUT2D eigenvalue weighted by molar-refractivity contribution is 1.27. The van der Waals surface area contributed by atoms with Crippen LogP contribution in [0.4, 0.5) is 5.69 Å². The second-order valence-electron chi connectivity index (χ2n) is 3.30. The van der Waals surface area contributed by atoms with E-state index in [1.165, 1.54) is 5.56 Å². The molecule has 1 aromatic heterocycles. The fourth-order valence-electron chi connectivity index (χ4n) is 1.31. The number of aromatic nitrogens is 1. The first-order chi connectivity index (χ1) is 7.77. The standard InChI is InChI=1S/C12H11ClN2S/c13-10-2-1-3-11(14)12(10)16-8-9-4-6-15-7-5-9/h1-7H,8,14H2. The molecule has 0 aliphatic rings. The first-order valence-corrected chi connectivity index (χ1v) is 6.19. The molecule has 2 rings (SSSR count). The molecule has 0 radical (unpaired) electrons. The molecule has 82 valence electrons. The van der Waals surface area contributed by atoms with E-state index in [1.807, 2.05) is 30.3 Å². The second-order valence-corrected chi connectivity index (χ2v) is 4.70. The highest BCUT2D eigenvalue weighted by Crippen LogP contribution is 2.34. The molecule has 0 aliphatic carbocycles. The molecule has 1 aromatic carbocycles. The summed E-state index contributed by atoms with van der Waals surface area (Å²) >= 11 is 7.72. The molecule has 16 heavy (non-hydrogen) atoms. The van der Waals surface area contributed by atoms with E-state index in [2.05, 4.69) is 4.98 Å². The highest BCUT2D eigenvalue weighted by atomic mass is 35.5. The van der Waals surface area contributed by atoms with E-state index in [1.54, 1.807) is 24.2 Å². The number of nitrogens with two attached hydrogens (primary N) is 1. The van der Waals surface area contributed by atoms with Gasteiger partial charge in [-0.15, -0.1) is 11.8 Å². The summed E-state index contributed by atoms with van der Waals surface area (Å²) in [5.41, 5.74) is 7.80. The lowest BCUT2D eigenvalue weighted by atomic mass is 10.3. The molecular weight excluding hydrogens is 240 g/mol. The van der Waals surface area contributed by atoms with E-state index >= 15 is 0 Å². The van der Waals surface area contributed by atoms with Gasteiger partial charge in [0.05, 0.1) is 5.02 Å². The van der Waals surface area contributed by atoms with Gasteiger partial charge in [0, 0.05) is 28.7 Å². The maximum absolute atomic E-state index is 6.08. The van der Waals surface area contributed by atoms with Crippen molar-refractivity contribution >= 4 is 29.1 Å². The maximum atomic E-state index is 6.08. The minimum absolute atomic E-state index is 0.707. The van der Waals surface area contributed by atoms with Crippen molar-refractivity contribution < 1.29 is 0 Å². The van der Waals surface area contributed by atoms with Crippen molar-refractivity contribution in [1.29, 1.82) is 0 Å². The Kier molecular flexibility index (Phi) is 3.70. The van der Waals surface area contributed by atoms with E-state index in [0.29, 0.717) is 5.02 Å². The highest BCUT2D eigenvalue weighted by molar-refractivity contribution is 7.98. The number of nitrogens with zero attached hydrogens (tertiary/aromatic N) is 1. The van der Waals surface area contributed by atoms with E-state index in [0.717, 1.165) is 16.3 Å². The summed E-state index contributed by atoms with van der Waals surface area (Å²) in [5, 5.41) is 0.707. The Morgan fingerprint density at radius 2 is 1.94 bits per heavy atom. The van der Waals surface area contributed by atoms with Crippen LogP contribution in [-0.2, 0) is 5.75 Å². The molecule has 1 heterocycles. The quantitative estimate of drug-likeness (QED) is 0.668. The van der Waals surface area contributed by atoms with Gasteiger partial charge in [0.1, 0.15) is 0 Å². The number of hydrogen-bond acceptors (Lipinski definition) is 3. The van der Waals surface area contributed by atoms with E-state index < -0.39 is 0 Å². The first-order valence-electron chi connectivity index (χ1n) is 4.83. The monoisotopic (exact) mass is 250 g/mol. The Balaban J connectivity index is 2.11. The molecule has 2 nitrogen and oxygen atoms in total. The summed E-state index contributed by atoms with van der Waals surface area (Å²) < 4.78 is 0. The van der Waals surface area contributed by atoms with Gasteiger partial charge in [-0.1, -0.05) is 17.7 Å². The molecule has 0 bridgehead atoms. The van der Waals surface area contributed by atoms with Gasteiger partial charge in [0.15, 0.2) is 0 Å². The molecule has 0 spiro atoms. The van der Waals surface area contributed by atoms with Crippen LogP contribution in [0.25, 0.3) is 0 Å². The number of thioether (sulfide) groups is 1. The number of nitrogen functional groups attached to an aromatic ring is 1. The third kappa shape index (κ3) is 2.68. The van der Waals surface area contributed by atoms with Crippen LogP contribution in [0.3, 0.4) is 0 Å². The molecule has 2 N–H and O–H groups in total. The average molecular weight is 251 g/mol. The van der Waals surface area contributed by atoms with Crippen molar-refractivity contribution in [2.24, 2.45) is 0 Å². The summed E-state index contributed by atoms with van der Waals surface area (Å²) in [7, 11) is 0. The van der Waals surface area contributed by atoms with Gasteiger partial charge in [-0.2, -0.15) is 0 Å². The molecule has 0 fully saturated rings. The van der Waals surface area contributed by atoms with Gasteiger partial charge in [-0.05, 0) is 29.8 Å². The van der Waals surface area contributed by atoms with Crippen molar-refractivity contribution in [1.82, 2.24) is 4.98 Å². The molecule has 0 atom stereocenters. The predicted molar refractivity (Wildman–Crippen MR) is 69.7 cm³/mol. The Morgan fingerprint density at radius 1 is 1.19 bits per heavy atom. The zero-order chi connectivity index (χ0) is 11.4.